The van der Waals surface area contributed by atoms with E-state index in [9.17, 15) is 0 Å². The molecule has 6 aromatic rings. The van der Waals surface area contributed by atoms with Gasteiger partial charge in [0.15, 0.2) is 0 Å². The van der Waals surface area contributed by atoms with E-state index in [0.29, 0.717) is 0 Å². The first-order valence-electron chi connectivity index (χ1n) is 20.3. The molecule has 2 unspecified atom stereocenters. The van der Waals surface area contributed by atoms with E-state index in [1.54, 1.807) is 0 Å². The predicted octanol–water partition coefficient (Wildman–Crippen LogP) is 9.40. The molecule has 7 heterocycles. The summed E-state index contributed by atoms with van der Waals surface area (Å²) in [6.45, 7) is 10.3. The van der Waals surface area contributed by atoms with Crippen LogP contribution in [0.5, 0.6) is 0 Å². The monoisotopic (exact) mass is 741 g/mol. The van der Waals surface area contributed by atoms with Gasteiger partial charge < -0.3 is 9.47 Å². The van der Waals surface area contributed by atoms with Crippen LogP contribution >= 0.6 is 0 Å². The molecule has 7 heteroatoms. The van der Waals surface area contributed by atoms with Crippen LogP contribution in [0.15, 0.2) is 140 Å². The highest BCUT2D eigenvalue weighted by atomic mass is 16.5. The first-order chi connectivity index (χ1) is 27.5. The fourth-order valence-electron chi connectivity index (χ4n) is 9.18. The number of aryl methyl sites for hydroxylation is 2. The highest BCUT2D eigenvalue weighted by Crippen LogP contribution is 2.52. The third kappa shape index (κ3) is 7.45. The van der Waals surface area contributed by atoms with Crippen molar-refractivity contribution in [3.63, 3.8) is 0 Å². The molecule has 56 heavy (non-hydrogen) atoms. The molecule has 2 fully saturated rings. The van der Waals surface area contributed by atoms with Gasteiger partial charge in [0.2, 0.25) is 0 Å². The lowest BCUT2D eigenvalue weighted by atomic mass is 9.83. The van der Waals surface area contributed by atoms with Crippen molar-refractivity contribution in [1.29, 1.82) is 0 Å². The molecule has 0 N–H and O–H groups in total. The molecule has 0 amide bonds. The van der Waals surface area contributed by atoms with Crippen molar-refractivity contribution in [3.05, 3.63) is 196 Å². The van der Waals surface area contributed by atoms with Gasteiger partial charge in [-0.1, -0.05) is 96.6 Å². The molecule has 3 aromatic heterocycles. The van der Waals surface area contributed by atoms with Crippen molar-refractivity contribution in [1.82, 2.24) is 24.8 Å². The standard InChI is InChI=1S/C25H26N2O.C24H25N3O/c1-19-9-11-20(12-10-19)18-27-16-13-25(14-17-27)22-7-3-2-6-21(22)24(28-25)23-8-4-5-15-26-23;1-18-9-10-19(26-16-18)17-27-14-11-24(12-15-27)21-7-3-2-6-20(21)23(28-24)22-8-4-5-13-25-22/h2-12,15,24H,13-14,16-18H2,1H3;2-10,13,16,23H,11-12,14-15,17H2,1H3. The molecule has 0 saturated carbocycles. The second-order valence-electron chi connectivity index (χ2n) is 16.0. The molecule has 2 saturated heterocycles. The highest BCUT2D eigenvalue weighted by Gasteiger charge is 2.48. The van der Waals surface area contributed by atoms with Gasteiger partial charge in [-0.2, -0.15) is 0 Å². The smallest absolute Gasteiger partial charge is 0.126 e. The molecular weight excluding hydrogens is 691 g/mol. The SMILES string of the molecule is Cc1ccc(CN2CCC3(CC2)OC(c2ccccn2)c2ccccc23)cc1.Cc1ccc(CN2CCC3(CC2)OC(c2ccccn2)c2ccccc23)nc1. The van der Waals surface area contributed by atoms with Crippen LogP contribution in [-0.2, 0) is 33.8 Å². The molecule has 2 spiro atoms. The first-order valence-corrected chi connectivity index (χ1v) is 20.3. The summed E-state index contributed by atoms with van der Waals surface area (Å²) in [7, 11) is 0. The number of benzene rings is 3. The van der Waals surface area contributed by atoms with Crippen LogP contribution in [0, 0.1) is 13.8 Å². The Morgan fingerprint density at radius 2 is 1.00 bits per heavy atom. The average Bonchev–Trinajstić information content (AvgIpc) is 3.75. The van der Waals surface area contributed by atoms with Crippen molar-refractivity contribution in [2.24, 2.45) is 0 Å². The summed E-state index contributed by atoms with van der Waals surface area (Å²) in [6.07, 6.45) is 9.59. The molecule has 0 aliphatic carbocycles. The number of rotatable bonds is 6. The van der Waals surface area contributed by atoms with Gasteiger partial charge >= 0.3 is 0 Å². The quantitative estimate of drug-likeness (QED) is 0.169. The predicted molar refractivity (Wildman–Crippen MR) is 220 cm³/mol. The molecule has 0 bridgehead atoms. The van der Waals surface area contributed by atoms with E-state index in [4.69, 9.17) is 9.47 Å². The topological polar surface area (TPSA) is 63.6 Å². The number of fused-ring (bicyclic) bond motifs is 4. The van der Waals surface area contributed by atoms with Crippen molar-refractivity contribution in [3.8, 4) is 0 Å². The van der Waals surface area contributed by atoms with Crippen molar-refractivity contribution >= 4 is 0 Å². The molecule has 7 nitrogen and oxygen atoms in total. The summed E-state index contributed by atoms with van der Waals surface area (Å²) in [5, 5.41) is 0. The Kier molecular flexibility index (Phi) is 10.3. The van der Waals surface area contributed by atoms with Crippen LogP contribution in [0.1, 0.15) is 93.9 Å². The summed E-state index contributed by atoms with van der Waals surface area (Å²) in [6, 6.07) is 42.7. The summed E-state index contributed by atoms with van der Waals surface area (Å²) >= 11 is 0. The van der Waals surface area contributed by atoms with E-state index >= 15 is 0 Å². The average molecular weight is 742 g/mol. The molecule has 4 aliphatic heterocycles. The fourth-order valence-corrected chi connectivity index (χ4v) is 9.18. The maximum atomic E-state index is 6.77. The van der Waals surface area contributed by atoms with Gasteiger partial charge in [-0.05, 0) is 103 Å². The van der Waals surface area contributed by atoms with Crippen molar-refractivity contribution < 1.29 is 9.47 Å². The van der Waals surface area contributed by atoms with Gasteiger partial charge in [0.25, 0.3) is 0 Å². The normalized spacial score (nSPS) is 21.0. The van der Waals surface area contributed by atoms with Crippen LogP contribution < -0.4 is 0 Å². The summed E-state index contributed by atoms with van der Waals surface area (Å²) in [4.78, 5) is 18.8. The Morgan fingerprint density at radius 1 is 0.518 bits per heavy atom. The van der Waals surface area contributed by atoms with Crippen LogP contribution in [0.3, 0.4) is 0 Å². The summed E-state index contributed by atoms with van der Waals surface area (Å²) < 4.78 is 13.5. The third-order valence-corrected chi connectivity index (χ3v) is 12.3. The number of hydrogen-bond acceptors (Lipinski definition) is 7. The minimum absolute atomic E-state index is 0.0546. The second kappa shape index (κ2) is 15.8. The molecule has 0 radical (unpaired) electrons. The Morgan fingerprint density at radius 3 is 1.48 bits per heavy atom. The van der Waals surface area contributed by atoms with Crippen LogP contribution in [0.4, 0.5) is 0 Å². The fraction of sp³-hybridized carbons (Fsp3) is 0.327. The number of likely N-dealkylation sites (tertiary alicyclic amines) is 2. The summed E-state index contributed by atoms with van der Waals surface area (Å²) in [5.41, 5.74) is 11.9. The molecule has 4 aliphatic rings. The van der Waals surface area contributed by atoms with E-state index in [-0.39, 0.29) is 23.4 Å². The Hall–Kier alpha value is -5.05. The van der Waals surface area contributed by atoms with Crippen molar-refractivity contribution in [2.75, 3.05) is 26.2 Å². The van der Waals surface area contributed by atoms with E-state index in [1.165, 1.54) is 38.9 Å². The highest BCUT2D eigenvalue weighted by molar-refractivity contribution is 5.44. The lowest BCUT2D eigenvalue weighted by molar-refractivity contribution is -0.0990. The second-order valence-corrected chi connectivity index (χ2v) is 16.0. The van der Waals surface area contributed by atoms with Gasteiger partial charge in [-0.25, -0.2) is 0 Å². The number of hydrogen-bond donors (Lipinski definition) is 0. The van der Waals surface area contributed by atoms with Gasteiger partial charge in [0.05, 0.1) is 28.3 Å². The molecular formula is C49H51N5O2. The lowest BCUT2D eigenvalue weighted by Crippen LogP contribution is -2.42. The first kappa shape index (κ1) is 36.6. The molecule has 284 valence electrons. The zero-order valence-corrected chi connectivity index (χ0v) is 32.6. The molecule has 3 aromatic carbocycles. The third-order valence-electron chi connectivity index (χ3n) is 12.3. The zero-order chi connectivity index (χ0) is 38.0. The summed E-state index contributed by atoms with van der Waals surface area (Å²) in [5.74, 6) is 0. The maximum Gasteiger partial charge on any atom is 0.126 e. The van der Waals surface area contributed by atoms with Crippen LogP contribution in [0.25, 0.3) is 0 Å². The number of nitrogens with zero attached hydrogens (tertiary/aromatic N) is 5. The van der Waals surface area contributed by atoms with Gasteiger partial charge in [-0.15, -0.1) is 0 Å². The van der Waals surface area contributed by atoms with E-state index in [0.717, 1.165) is 82.0 Å². The largest absolute Gasteiger partial charge is 0.356 e. The number of piperidine rings is 2. The molecule has 2 atom stereocenters. The van der Waals surface area contributed by atoms with E-state index < -0.39 is 0 Å². The Balaban J connectivity index is 0.000000146. The maximum absolute atomic E-state index is 6.77. The number of ether oxygens (including phenoxy) is 2. The lowest BCUT2D eigenvalue weighted by Gasteiger charge is -2.39. The van der Waals surface area contributed by atoms with Gasteiger partial charge in [-0.3, -0.25) is 24.8 Å². The van der Waals surface area contributed by atoms with Crippen LogP contribution in [-0.4, -0.2) is 50.9 Å². The Labute approximate surface area is 331 Å². The number of aromatic nitrogens is 3. The molecule has 10 rings (SSSR count). The minimum Gasteiger partial charge on any atom is -0.356 e. The Bertz CT molecular complexity index is 2050. The number of pyridine rings is 3. The zero-order valence-electron chi connectivity index (χ0n) is 32.6. The van der Waals surface area contributed by atoms with E-state index in [2.05, 4.69) is 136 Å². The van der Waals surface area contributed by atoms with Gasteiger partial charge in [0, 0.05) is 57.9 Å². The minimum atomic E-state index is -0.198. The van der Waals surface area contributed by atoms with Crippen molar-refractivity contribution in [2.45, 2.75) is 76.0 Å². The van der Waals surface area contributed by atoms with Gasteiger partial charge in [0.1, 0.15) is 12.2 Å². The van der Waals surface area contributed by atoms with E-state index in [1.807, 2.05) is 42.9 Å². The van der Waals surface area contributed by atoms with Crippen LogP contribution in [0.2, 0.25) is 0 Å².